The van der Waals surface area contributed by atoms with Crippen molar-refractivity contribution < 1.29 is 9.90 Å². The van der Waals surface area contributed by atoms with Gasteiger partial charge in [0.15, 0.2) is 11.5 Å². The molecular formula is C23H20N6O2. The summed E-state index contributed by atoms with van der Waals surface area (Å²) in [6.45, 7) is 1.25. The van der Waals surface area contributed by atoms with Gasteiger partial charge in [-0.2, -0.15) is 0 Å². The fraction of sp³-hybridized carbons (Fsp3) is 0.174. The summed E-state index contributed by atoms with van der Waals surface area (Å²) in [7, 11) is 1.84. The lowest BCUT2D eigenvalue weighted by Gasteiger charge is -2.30. The largest absolute Gasteiger partial charge is 0.477 e. The minimum absolute atomic E-state index is 0.0348. The molecule has 0 bridgehead atoms. The summed E-state index contributed by atoms with van der Waals surface area (Å²) in [5.74, 6) is 0.996. The van der Waals surface area contributed by atoms with E-state index in [-0.39, 0.29) is 5.69 Å². The van der Waals surface area contributed by atoms with Crippen molar-refractivity contribution in [2.45, 2.75) is 13.0 Å². The summed E-state index contributed by atoms with van der Waals surface area (Å²) < 4.78 is 0. The van der Waals surface area contributed by atoms with Gasteiger partial charge in [-0.1, -0.05) is 24.3 Å². The van der Waals surface area contributed by atoms with Crippen molar-refractivity contribution in [1.29, 1.82) is 0 Å². The molecule has 0 atom stereocenters. The first kappa shape index (κ1) is 18.9. The molecule has 1 aromatic carbocycles. The minimum Gasteiger partial charge on any atom is -0.477 e. The summed E-state index contributed by atoms with van der Waals surface area (Å²) in [6.07, 6.45) is 2.51. The van der Waals surface area contributed by atoms with Crippen LogP contribution in [0.2, 0.25) is 0 Å². The maximum atomic E-state index is 11.3. The number of nitrogens with one attached hydrogen (secondary N) is 1. The molecule has 0 fully saturated rings. The number of benzene rings is 1. The maximum absolute atomic E-state index is 11.3. The number of hydrogen-bond donors (Lipinski definition) is 2. The predicted octanol–water partition coefficient (Wildman–Crippen LogP) is 3.39. The first-order valence-electron chi connectivity index (χ1n) is 10.0. The van der Waals surface area contributed by atoms with E-state index in [0.717, 1.165) is 33.5 Å². The number of anilines is 2. The van der Waals surface area contributed by atoms with Crippen LogP contribution in [-0.4, -0.2) is 44.6 Å². The van der Waals surface area contributed by atoms with Gasteiger partial charge in [0, 0.05) is 49.3 Å². The molecule has 3 aromatic heterocycles. The molecule has 8 nitrogen and oxygen atoms in total. The average molecular weight is 412 g/mol. The highest BCUT2D eigenvalue weighted by molar-refractivity contribution is 5.86. The SMILES string of the molecule is CNc1nc(-c2cnc3ccccc3c2)nc2c1CN(c1cccc(C(=O)O)n1)CC2. The Bertz CT molecular complexity index is 1290. The molecule has 0 radical (unpaired) electrons. The van der Waals surface area contributed by atoms with E-state index in [2.05, 4.69) is 26.3 Å². The molecule has 1 aliphatic heterocycles. The monoisotopic (exact) mass is 412 g/mol. The number of para-hydroxylation sites is 1. The van der Waals surface area contributed by atoms with Gasteiger partial charge in [0.2, 0.25) is 0 Å². The van der Waals surface area contributed by atoms with E-state index in [4.69, 9.17) is 9.97 Å². The van der Waals surface area contributed by atoms with E-state index in [1.54, 1.807) is 12.3 Å². The van der Waals surface area contributed by atoms with Crippen LogP contribution in [0.15, 0.2) is 54.7 Å². The van der Waals surface area contributed by atoms with Gasteiger partial charge in [-0.3, -0.25) is 4.98 Å². The molecule has 0 spiro atoms. The molecule has 4 aromatic rings. The third-order valence-electron chi connectivity index (χ3n) is 5.42. The molecule has 8 heteroatoms. The third-order valence-corrected chi connectivity index (χ3v) is 5.42. The van der Waals surface area contributed by atoms with Crippen molar-refractivity contribution >= 4 is 28.5 Å². The normalized spacial score (nSPS) is 13.1. The molecule has 0 aliphatic carbocycles. The number of nitrogens with zero attached hydrogens (tertiary/aromatic N) is 5. The number of hydrogen-bond acceptors (Lipinski definition) is 7. The minimum atomic E-state index is -1.04. The van der Waals surface area contributed by atoms with E-state index < -0.39 is 5.97 Å². The number of carbonyl (C=O) groups is 1. The first-order chi connectivity index (χ1) is 15.1. The molecular weight excluding hydrogens is 392 g/mol. The van der Waals surface area contributed by atoms with E-state index >= 15 is 0 Å². The highest BCUT2D eigenvalue weighted by Crippen LogP contribution is 2.29. The van der Waals surface area contributed by atoms with Crippen LogP contribution in [0, 0.1) is 0 Å². The second-order valence-electron chi connectivity index (χ2n) is 7.35. The molecule has 0 saturated carbocycles. The number of carboxylic acid groups (broad SMARTS) is 1. The highest BCUT2D eigenvalue weighted by Gasteiger charge is 2.24. The van der Waals surface area contributed by atoms with E-state index in [1.807, 2.05) is 37.4 Å². The Kier molecular flexibility index (Phi) is 4.66. The lowest BCUT2D eigenvalue weighted by Crippen LogP contribution is -2.33. The van der Waals surface area contributed by atoms with Gasteiger partial charge in [0.05, 0.1) is 11.2 Å². The van der Waals surface area contributed by atoms with E-state index in [0.29, 0.717) is 31.2 Å². The van der Waals surface area contributed by atoms with Gasteiger partial charge in [-0.25, -0.2) is 19.7 Å². The molecule has 0 amide bonds. The Morgan fingerprint density at radius 3 is 2.81 bits per heavy atom. The van der Waals surface area contributed by atoms with Crippen LogP contribution in [-0.2, 0) is 13.0 Å². The van der Waals surface area contributed by atoms with Crippen LogP contribution >= 0.6 is 0 Å². The number of aromatic nitrogens is 4. The molecule has 2 N–H and O–H groups in total. The summed E-state index contributed by atoms with van der Waals surface area (Å²) in [4.78, 5) is 31.7. The number of rotatable bonds is 4. The van der Waals surface area contributed by atoms with Crippen LogP contribution in [0.3, 0.4) is 0 Å². The molecule has 0 unspecified atom stereocenters. The molecule has 4 heterocycles. The highest BCUT2D eigenvalue weighted by atomic mass is 16.4. The zero-order chi connectivity index (χ0) is 21.4. The topological polar surface area (TPSA) is 104 Å². The van der Waals surface area contributed by atoms with Crippen LogP contribution in [0.4, 0.5) is 11.6 Å². The van der Waals surface area contributed by atoms with Crippen LogP contribution in [0.25, 0.3) is 22.3 Å². The van der Waals surface area contributed by atoms with Gasteiger partial charge in [0.25, 0.3) is 0 Å². The fourth-order valence-electron chi connectivity index (χ4n) is 3.86. The fourth-order valence-corrected chi connectivity index (χ4v) is 3.86. The summed E-state index contributed by atoms with van der Waals surface area (Å²) in [6, 6.07) is 15.1. The lowest BCUT2D eigenvalue weighted by molar-refractivity contribution is 0.0690. The summed E-state index contributed by atoms with van der Waals surface area (Å²) in [5, 5.41) is 13.5. The van der Waals surface area contributed by atoms with Crippen LogP contribution in [0.1, 0.15) is 21.7 Å². The Hall–Kier alpha value is -4.07. The summed E-state index contributed by atoms with van der Waals surface area (Å²) in [5.41, 5.74) is 3.82. The average Bonchev–Trinajstić information content (AvgIpc) is 2.82. The van der Waals surface area contributed by atoms with Crippen molar-refractivity contribution in [1.82, 2.24) is 19.9 Å². The van der Waals surface area contributed by atoms with Crippen LogP contribution < -0.4 is 10.2 Å². The van der Waals surface area contributed by atoms with Crippen LogP contribution in [0.5, 0.6) is 0 Å². The van der Waals surface area contributed by atoms with Crippen molar-refractivity contribution in [2.24, 2.45) is 0 Å². The second kappa shape index (κ2) is 7.64. The first-order valence-corrected chi connectivity index (χ1v) is 10.0. The van der Waals surface area contributed by atoms with Crippen molar-refractivity contribution in [2.75, 3.05) is 23.8 Å². The smallest absolute Gasteiger partial charge is 0.354 e. The molecule has 5 rings (SSSR count). The lowest BCUT2D eigenvalue weighted by atomic mass is 10.0. The van der Waals surface area contributed by atoms with Crippen molar-refractivity contribution in [3.05, 3.63) is 71.7 Å². The van der Waals surface area contributed by atoms with E-state index in [9.17, 15) is 9.90 Å². The quantitative estimate of drug-likeness (QED) is 0.526. The zero-order valence-electron chi connectivity index (χ0n) is 16.9. The van der Waals surface area contributed by atoms with E-state index in [1.165, 1.54) is 6.07 Å². The van der Waals surface area contributed by atoms with Crippen molar-refractivity contribution in [3.8, 4) is 11.4 Å². The molecule has 31 heavy (non-hydrogen) atoms. The maximum Gasteiger partial charge on any atom is 0.354 e. The van der Waals surface area contributed by atoms with Gasteiger partial charge in [-0.15, -0.1) is 0 Å². The number of pyridine rings is 2. The van der Waals surface area contributed by atoms with Gasteiger partial charge in [0.1, 0.15) is 11.6 Å². The molecule has 0 saturated heterocycles. The Balaban J connectivity index is 1.51. The molecule has 154 valence electrons. The predicted molar refractivity (Wildman–Crippen MR) is 118 cm³/mol. The van der Waals surface area contributed by atoms with Gasteiger partial charge >= 0.3 is 5.97 Å². The third kappa shape index (κ3) is 3.52. The van der Waals surface area contributed by atoms with Crippen molar-refractivity contribution in [3.63, 3.8) is 0 Å². The standard InChI is InChI=1S/C23H20N6O2/c1-24-22-16-13-29(20-8-4-7-19(26-20)23(30)31)10-9-18(16)27-21(28-22)15-11-14-5-2-3-6-17(14)25-12-15/h2-8,11-12H,9-10,13H2,1H3,(H,30,31)(H,24,27,28). The Morgan fingerprint density at radius 1 is 1.10 bits per heavy atom. The zero-order valence-corrected chi connectivity index (χ0v) is 16.9. The Labute approximate surface area is 178 Å². The Morgan fingerprint density at radius 2 is 1.97 bits per heavy atom. The second-order valence-corrected chi connectivity index (χ2v) is 7.35. The molecule has 1 aliphatic rings. The van der Waals surface area contributed by atoms with Gasteiger partial charge < -0.3 is 15.3 Å². The number of aromatic carboxylic acids is 1. The summed E-state index contributed by atoms with van der Waals surface area (Å²) >= 11 is 0. The van der Waals surface area contributed by atoms with Gasteiger partial charge in [-0.05, 0) is 24.3 Å². The number of carboxylic acids is 1. The number of fused-ring (bicyclic) bond motifs is 2.